The van der Waals surface area contributed by atoms with Crippen LogP contribution in [0.3, 0.4) is 0 Å². The monoisotopic (exact) mass is 194 g/mol. The Labute approximate surface area is 85.6 Å². The van der Waals surface area contributed by atoms with Crippen molar-refractivity contribution in [1.29, 1.82) is 0 Å². The van der Waals surface area contributed by atoms with Crippen molar-refractivity contribution < 1.29 is 9.90 Å². The van der Waals surface area contributed by atoms with E-state index in [1.165, 1.54) is 6.42 Å². The highest BCUT2D eigenvalue weighted by Gasteiger charge is 2.00. The molecular weight excluding hydrogens is 176 g/mol. The van der Waals surface area contributed by atoms with Crippen molar-refractivity contribution in [3.63, 3.8) is 0 Å². The maximum atomic E-state index is 10.5. The van der Waals surface area contributed by atoms with E-state index in [9.17, 15) is 4.79 Å². The Balaban J connectivity index is 0.000000500. The predicted molar refractivity (Wildman–Crippen MR) is 58.7 cm³/mol. The number of carboxylic acid groups (broad SMARTS) is 1. The van der Waals surface area contributed by atoms with Gasteiger partial charge in [-0.25, -0.2) is 4.79 Å². The van der Waals surface area contributed by atoms with Crippen LogP contribution < -0.4 is 0 Å². The summed E-state index contributed by atoms with van der Waals surface area (Å²) in [5.41, 5.74) is 1.43. The summed E-state index contributed by atoms with van der Waals surface area (Å²) in [5, 5.41) is 8.60. The lowest BCUT2D eigenvalue weighted by Gasteiger charge is -1.97. The van der Waals surface area contributed by atoms with Crippen LogP contribution in [0, 0.1) is 0 Å². The van der Waals surface area contributed by atoms with Crippen LogP contribution in [-0.2, 0) is 6.42 Å². The first-order valence-electron chi connectivity index (χ1n) is 4.97. The van der Waals surface area contributed by atoms with Gasteiger partial charge in [0.25, 0.3) is 0 Å². The normalized spacial score (nSPS) is 8.79. The Hall–Kier alpha value is -1.31. The van der Waals surface area contributed by atoms with Gasteiger partial charge in [-0.15, -0.1) is 0 Å². The van der Waals surface area contributed by atoms with Crippen molar-refractivity contribution in [2.45, 2.75) is 33.6 Å². The first kappa shape index (κ1) is 12.7. The van der Waals surface area contributed by atoms with E-state index in [1.54, 1.807) is 18.2 Å². The third kappa shape index (κ3) is 4.65. The highest BCUT2D eigenvalue weighted by Crippen LogP contribution is 2.05. The lowest BCUT2D eigenvalue weighted by Crippen LogP contribution is -1.96. The number of aromatic carboxylic acids is 1. The number of carboxylic acids is 1. The Morgan fingerprint density at radius 1 is 1.29 bits per heavy atom. The van der Waals surface area contributed by atoms with Crippen molar-refractivity contribution in [1.82, 2.24) is 0 Å². The van der Waals surface area contributed by atoms with Crippen molar-refractivity contribution in [3.05, 3.63) is 35.4 Å². The highest BCUT2D eigenvalue weighted by atomic mass is 16.4. The third-order valence-electron chi connectivity index (χ3n) is 1.58. The zero-order chi connectivity index (χ0) is 11.0. The molecule has 78 valence electrons. The number of benzene rings is 1. The molecular formula is C12H18O2. The van der Waals surface area contributed by atoms with Gasteiger partial charge in [0.2, 0.25) is 0 Å². The minimum absolute atomic E-state index is 0.365. The molecule has 2 heteroatoms. The van der Waals surface area contributed by atoms with E-state index in [4.69, 9.17) is 5.11 Å². The number of carbonyl (C=O) groups is 1. The van der Waals surface area contributed by atoms with E-state index in [1.807, 2.05) is 13.0 Å². The summed E-state index contributed by atoms with van der Waals surface area (Å²) in [5.74, 6) is -0.861. The first-order valence-corrected chi connectivity index (χ1v) is 4.97. The molecule has 0 radical (unpaired) electrons. The maximum absolute atomic E-state index is 10.5. The number of hydrogen-bond acceptors (Lipinski definition) is 1. The van der Waals surface area contributed by atoms with Gasteiger partial charge in [0.05, 0.1) is 5.56 Å². The fourth-order valence-electron chi connectivity index (χ4n) is 0.924. The van der Waals surface area contributed by atoms with Crippen LogP contribution in [0.25, 0.3) is 0 Å². The van der Waals surface area contributed by atoms with Crippen LogP contribution in [0.4, 0.5) is 0 Å². The minimum atomic E-state index is -0.861. The molecule has 0 spiro atoms. The second kappa shape index (κ2) is 7.13. The fourth-order valence-corrected chi connectivity index (χ4v) is 0.924. The summed E-state index contributed by atoms with van der Waals surface area (Å²) < 4.78 is 0. The SMILES string of the molecule is CCC.CCc1cccc(C(=O)O)c1. The molecule has 0 atom stereocenters. The van der Waals surface area contributed by atoms with Gasteiger partial charge in [-0.3, -0.25) is 0 Å². The Kier molecular flexibility index (Phi) is 6.46. The Morgan fingerprint density at radius 3 is 2.29 bits per heavy atom. The fraction of sp³-hybridized carbons (Fsp3) is 0.417. The Bertz CT molecular complexity index is 279. The molecule has 0 fully saturated rings. The quantitative estimate of drug-likeness (QED) is 0.783. The van der Waals surface area contributed by atoms with Gasteiger partial charge in [-0.2, -0.15) is 0 Å². The molecule has 0 aliphatic rings. The maximum Gasteiger partial charge on any atom is 0.335 e. The van der Waals surface area contributed by atoms with Crippen LogP contribution in [0.2, 0.25) is 0 Å². The molecule has 0 unspecified atom stereocenters. The Morgan fingerprint density at radius 2 is 1.86 bits per heavy atom. The summed E-state index contributed by atoms with van der Waals surface area (Å²) in [6.45, 7) is 6.25. The lowest BCUT2D eigenvalue weighted by atomic mass is 10.1. The van der Waals surface area contributed by atoms with Crippen LogP contribution in [-0.4, -0.2) is 11.1 Å². The largest absolute Gasteiger partial charge is 0.478 e. The van der Waals surface area contributed by atoms with Crippen molar-refractivity contribution >= 4 is 5.97 Å². The second-order valence-electron chi connectivity index (χ2n) is 3.07. The number of rotatable bonds is 2. The average molecular weight is 194 g/mol. The third-order valence-corrected chi connectivity index (χ3v) is 1.58. The van der Waals surface area contributed by atoms with E-state index in [0.29, 0.717) is 5.56 Å². The minimum Gasteiger partial charge on any atom is -0.478 e. The van der Waals surface area contributed by atoms with Gasteiger partial charge in [-0.1, -0.05) is 39.3 Å². The topological polar surface area (TPSA) is 37.3 Å². The molecule has 1 rings (SSSR count). The second-order valence-corrected chi connectivity index (χ2v) is 3.07. The molecule has 0 bridgehead atoms. The summed E-state index contributed by atoms with van der Waals surface area (Å²) >= 11 is 0. The average Bonchev–Trinajstić information content (AvgIpc) is 2.19. The van der Waals surface area contributed by atoms with Crippen molar-refractivity contribution in [2.75, 3.05) is 0 Å². The van der Waals surface area contributed by atoms with Gasteiger partial charge in [-0.05, 0) is 24.1 Å². The molecule has 2 nitrogen and oxygen atoms in total. The smallest absolute Gasteiger partial charge is 0.335 e. The number of aryl methyl sites for hydroxylation is 1. The van der Waals surface area contributed by atoms with Gasteiger partial charge in [0, 0.05) is 0 Å². The summed E-state index contributed by atoms with van der Waals surface area (Å²) in [6.07, 6.45) is 2.13. The molecule has 14 heavy (non-hydrogen) atoms. The van der Waals surface area contributed by atoms with Crippen LogP contribution >= 0.6 is 0 Å². The molecule has 1 N–H and O–H groups in total. The molecule has 1 aromatic carbocycles. The molecule has 0 amide bonds. The molecule has 0 aliphatic carbocycles. The van der Waals surface area contributed by atoms with E-state index in [2.05, 4.69) is 13.8 Å². The van der Waals surface area contributed by atoms with Crippen molar-refractivity contribution in [2.24, 2.45) is 0 Å². The summed E-state index contributed by atoms with van der Waals surface area (Å²) in [4.78, 5) is 10.5. The van der Waals surface area contributed by atoms with Gasteiger partial charge in [0.15, 0.2) is 0 Å². The molecule has 0 saturated carbocycles. The molecule has 0 aromatic heterocycles. The van der Waals surface area contributed by atoms with E-state index >= 15 is 0 Å². The first-order chi connectivity index (χ1) is 6.65. The van der Waals surface area contributed by atoms with E-state index in [-0.39, 0.29) is 0 Å². The van der Waals surface area contributed by atoms with Gasteiger partial charge in [0.1, 0.15) is 0 Å². The standard InChI is InChI=1S/C9H10O2.C3H8/c1-2-7-4-3-5-8(6-7)9(10)11;1-3-2/h3-6H,2H2,1H3,(H,10,11);3H2,1-2H3. The number of hydrogen-bond donors (Lipinski definition) is 1. The molecule has 0 aliphatic heterocycles. The van der Waals surface area contributed by atoms with E-state index in [0.717, 1.165) is 12.0 Å². The van der Waals surface area contributed by atoms with Gasteiger partial charge >= 0.3 is 5.97 Å². The summed E-state index contributed by atoms with van der Waals surface area (Å²) in [7, 11) is 0. The van der Waals surface area contributed by atoms with Gasteiger partial charge < -0.3 is 5.11 Å². The molecule has 1 aromatic rings. The lowest BCUT2D eigenvalue weighted by molar-refractivity contribution is 0.0697. The highest BCUT2D eigenvalue weighted by molar-refractivity contribution is 5.87. The zero-order valence-electron chi connectivity index (χ0n) is 9.08. The van der Waals surface area contributed by atoms with Crippen LogP contribution in [0.15, 0.2) is 24.3 Å². The van der Waals surface area contributed by atoms with E-state index < -0.39 is 5.97 Å². The zero-order valence-corrected chi connectivity index (χ0v) is 9.08. The molecule has 0 saturated heterocycles. The van der Waals surface area contributed by atoms with Crippen LogP contribution in [0.1, 0.15) is 43.1 Å². The predicted octanol–water partition coefficient (Wildman–Crippen LogP) is 3.36. The molecule has 0 heterocycles. The summed E-state index contributed by atoms with van der Waals surface area (Å²) in [6, 6.07) is 6.98. The van der Waals surface area contributed by atoms with Crippen molar-refractivity contribution in [3.8, 4) is 0 Å². The van der Waals surface area contributed by atoms with Crippen LogP contribution in [0.5, 0.6) is 0 Å².